The van der Waals surface area contributed by atoms with Gasteiger partial charge in [-0.1, -0.05) is 13.8 Å². The number of nitrogens with one attached hydrogen (secondary N) is 1. The molecular weight excluding hydrogens is 230 g/mol. The molecule has 0 bridgehead atoms. The zero-order valence-electron chi connectivity index (χ0n) is 11.9. The van der Waals surface area contributed by atoms with Crippen LogP contribution in [-0.4, -0.2) is 36.4 Å². The molecule has 2 atom stereocenters. The van der Waals surface area contributed by atoms with Crippen LogP contribution < -0.4 is 5.32 Å². The second-order valence-corrected chi connectivity index (χ2v) is 6.06. The average molecular weight is 257 g/mol. The van der Waals surface area contributed by atoms with Crippen LogP contribution in [0.25, 0.3) is 0 Å². The van der Waals surface area contributed by atoms with E-state index in [-0.39, 0.29) is 11.8 Å². The number of hydrogen-bond acceptors (Lipinski definition) is 3. The lowest BCUT2D eigenvalue weighted by atomic mass is 9.94. The van der Waals surface area contributed by atoms with Crippen molar-refractivity contribution in [2.24, 2.45) is 11.8 Å². The topological polar surface area (TPSA) is 58.6 Å². The maximum absolute atomic E-state index is 11.9. The first kappa shape index (κ1) is 15.4. The molecule has 1 aliphatic rings. The van der Waals surface area contributed by atoms with Gasteiger partial charge in [-0.2, -0.15) is 0 Å². The Hall–Kier alpha value is -0.610. The second-order valence-electron chi connectivity index (χ2n) is 6.06. The molecule has 1 fully saturated rings. The third-order valence-electron chi connectivity index (χ3n) is 3.43. The van der Waals surface area contributed by atoms with Gasteiger partial charge in [0, 0.05) is 13.2 Å². The Kier molecular flexibility index (Phi) is 6.09. The molecule has 0 aromatic carbocycles. The molecule has 0 aliphatic carbocycles. The van der Waals surface area contributed by atoms with E-state index in [9.17, 15) is 9.90 Å². The van der Waals surface area contributed by atoms with Gasteiger partial charge in [-0.3, -0.25) is 4.79 Å². The SMILES string of the molecule is CC(C)CC[C@@](C)(O)CNC(=O)[C@H]1CCCOC1. The Morgan fingerprint density at radius 1 is 1.56 bits per heavy atom. The highest BCUT2D eigenvalue weighted by Gasteiger charge is 2.25. The van der Waals surface area contributed by atoms with Crippen LogP contribution in [0.3, 0.4) is 0 Å². The summed E-state index contributed by atoms with van der Waals surface area (Å²) in [6.45, 7) is 7.65. The minimum atomic E-state index is -0.810. The first-order chi connectivity index (χ1) is 8.41. The molecule has 0 radical (unpaired) electrons. The largest absolute Gasteiger partial charge is 0.388 e. The Labute approximate surface area is 110 Å². The Morgan fingerprint density at radius 2 is 2.28 bits per heavy atom. The van der Waals surface area contributed by atoms with Crippen molar-refractivity contribution in [3.05, 3.63) is 0 Å². The van der Waals surface area contributed by atoms with E-state index >= 15 is 0 Å². The number of hydrogen-bond donors (Lipinski definition) is 2. The summed E-state index contributed by atoms with van der Waals surface area (Å²) in [4.78, 5) is 11.9. The van der Waals surface area contributed by atoms with Crippen LogP contribution >= 0.6 is 0 Å². The number of carbonyl (C=O) groups excluding carboxylic acids is 1. The fourth-order valence-corrected chi connectivity index (χ4v) is 2.06. The molecule has 18 heavy (non-hydrogen) atoms. The summed E-state index contributed by atoms with van der Waals surface area (Å²) in [6, 6.07) is 0. The van der Waals surface area contributed by atoms with Crippen LogP contribution in [0, 0.1) is 11.8 Å². The quantitative estimate of drug-likeness (QED) is 0.761. The van der Waals surface area contributed by atoms with E-state index < -0.39 is 5.60 Å². The van der Waals surface area contributed by atoms with Crippen LogP contribution in [0.1, 0.15) is 46.5 Å². The van der Waals surface area contributed by atoms with Gasteiger partial charge in [-0.05, 0) is 38.5 Å². The summed E-state index contributed by atoms with van der Waals surface area (Å²) in [6.07, 6.45) is 3.52. The van der Waals surface area contributed by atoms with Crippen molar-refractivity contribution < 1.29 is 14.6 Å². The third kappa shape index (κ3) is 5.83. The number of rotatable bonds is 6. The van der Waals surface area contributed by atoms with Crippen LogP contribution in [0.4, 0.5) is 0 Å². The molecule has 1 aliphatic heterocycles. The molecule has 4 heteroatoms. The summed E-state index contributed by atoms with van der Waals surface area (Å²) in [7, 11) is 0. The zero-order valence-corrected chi connectivity index (χ0v) is 11.9. The monoisotopic (exact) mass is 257 g/mol. The van der Waals surface area contributed by atoms with Crippen LogP contribution in [0.2, 0.25) is 0 Å². The number of amides is 1. The van der Waals surface area contributed by atoms with E-state index in [0.717, 1.165) is 25.9 Å². The zero-order chi connectivity index (χ0) is 13.6. The first-order valence-corrected chi connectivity index (χ1v) is 6.98. The predicted octanol–water partition coefficient (Wildman–Crippen LogP) is 1.72. The molecule has 106 valence electrons. The van der Waals surface area contributed by atoms with Crippen molar-refractivity contribution in [2.45, 2.75) is 52.1 Å². The smallest absolute Gasteiger partial charge is 0.225 e. The third-order valence-corrected chi connectivity index (χ3v) is 3.43. The summed E-state index contributed by atoms with van der Waals surface area (Å²) in [5.74, 6) is 0.540. The van der Waals surface area contributed by atoms with E-state index in [0.29, 0.717) is 25.5 Å². The summed E-state index contributed by atoms with van der Waals surface area (Å²) in [5.41, 5.74) is -0.810. The maximum atomic E-state index is 11.9. The molecule has 0 aromatic rings. The van der Waals surface area contributed by atoms with Crippen molar-refractivity contribution in [3.8, 4) is 0 Å². The minimum absolute atomic E-state index is 0.0134. The lowest BCUT2D eigenvalue weighted by Gasteiger charge is -2.27. The van der Waals surface area contributed by atoms with Crippen LogP contribution in [-0.2, 0) is 9.53 Å². The molecule has 1 amide bonds. The average Bonchev–Trinajstić information content (AvgIpc) is 2.35. The Morgan fingerprint density at radius 3 is 2.83 bits per heavy atom. The molecule has 1 heterocycles. The number of aliphatic hydroxyl groups is 1. The van der Waals surface area contributed by atoms with Crippen LogP contribution in [0.15, 0.2) is 0 Å². The normalized spacial score (nSPS) is 23.7. The van der Waals surface area contributed by atoms with E-state index in [1.54, 1.807) is 6.92 Å². The van der Waals surface area contributed by atoms with Gasteiger partial charge in [0.2, 0.25) is 5.91 Å². The second kappa shape index (κ2) is 7.10. The highest BCUT2D eigenvalue weighted by Crippen LogP contribution is 2.17. The van der Waals surface area contributed by atoms with Gasteiger partial charge in [0.25, 0.3) is 0 Å². The van der Waals surface area contributed by atoms with Crippen molar-refractivity contribution in [1.82, 2.24) is 5.32 Å². The van der Waals surface area contributed by atoms with E-state index in [2.05, 4.69) is 19.2 Å². The number of carbonyl (C=O) groups is 1. The Bertz CT molecular complexity index is 258. The van der Waals surface area contributed by atoms with Crippen LogP contribution in [0.5, 0.6) is 0 Å². The van der Waals surface area contributed by atoms with E-state index in [1.165, 1.54) is 0 Å². The highest BCUT2D eigenvalue weighted by atomic mass is 16.5. The fourth-order valence-electron chi connectivity index (χ4n) is 2.06. The van der Waals surface area contributed by atoms with Gasteiger partial charge < -0.3 is 15.2 Å². The maximum Gasteiger partial charge on any atom is 0.225 e. The molecule has 1 saturated heterocycles. The van der Waals surface area contributed by atoms with E-state index in [1.807, 2.05) is 0 Å². The van der Waals surface area contributed by atoms with Gasteiger partial charge in [-0.15, -0.1) is 0 Å². The fraction of sp³-hybridized carbons (Fsp3) is 0.929. The van der Waals surface area contributed by atoms with Gasteiger partial charge in [0.05, 0.1) is 18.1 Å². The van der Waals surface area contributed by atoms with Crippen molar-refractivity contribution >= 4 is 5.91 Å². The van der Waals surface area contributed by atoms with Gasteiger partial charge in [0.15, 0.2) is 0 Å². The van der Waals surface area contributed by atoms with Gasteiger partial charge in [-0.25, -0.2) is 0 Å². The number of ether oxygens (including phenoxy) is 1. The lowest BCUT2D eigenvalue weighted by Crippen LogP contribution is -2.44. The first-order valence-electron chi connectivity index (χ1n) is 6.98. The van der Waals surface area contributed by atoms with Gasteiger partial charge >= 0.3 is 0 Å². The van der Waals surface area contributed by atoms with Crippen molar-refractivity contribution in [1.29, 1.82) is 0 Å². The minimum Gasteiger partial charge on any atom is -0.388 e. The molecule has 0 unspecified atom stereocenters. The molecule has 1 rings (SSSR count). The summed E-state index contributed by atoms with van der Waals surface area (Å²) >= 11 is 0. The van der Waals surface area contributed by atoms with Crippen molar-refractivity contribution in [3.63, 3.8) is 0 Å². The predicted molar refractivity (Wildman–Crippen MR) is 71.2 cm³/mol. The standard InChI is InChI=1S/C14H27NO3/c1-11(2)6-7-14(3,17)10-15-13(16)12-5-4-8-18-9-12/h11-12,17H,4-10H2,1-3H3,(H,15,16)/t12-,14+/m0/s1. The van der Waals surface area contributed by atoms with Crippen molar-refractivity contribution in [2.75, 3.05) is 19.8 Å². The molecule has 0 saturated carbocycles. The van der Waals surface area contributed by atoms with Gasteiger partial charge in [0.1, 0.15) is 0 Å². The molecule has 4 nitrogen and oxygen atoms in total. The molecule has 2 N–H and O–H groups in total. The molecular formula is C14H27NO3. The lowest BCUT2D eigenvalue weighted by molar-refractivity contribution is -0.130. The van der Waals surface area contributed by atoms with E-state index in [4.69, 9.17) is 4.74 Å². The Balaban J connectivity index is 2.27. The summed E-state index contributed by atoms with van der Waals surface area (Å²) in [5, 5.41) is 13.0. The highest BCUT2D eigenvalue weighted by molar-refractivity contribution is 5.78. The molecule has 0 spiro atoms. The summed E-state index contributed by atoms with van der Waals surface area (Å²) < 4.78 is 5.29. The molecule has 0 aromatic heterocycles.